The number of piperidine rings is 1. The number of fused-ring (bicyclic) bond motifs is 1. The molecule has 2 unspecified atom stereocenters. The van der Waals surface area contributed by atoms with E-state index in [4.69, 9.17) is 23.1 Å². The van der Waals surface area contributed by atoms with Crippen molar-refractivity contribution in [3.8, 4) is 11.5 Å². The molecule has 2 atom stereocenters. The molecule has 2 heterocycles. The molecule has 0 bridgehead atoms. The smallest absolute Gasteiger partial charge is 0.407 e. The topological polar surface area (TPSA) is 124 Å². The molecule has 0 radical (unpaired) electrons. The summed E-state index contributed by atoms with van der Waals surface area (Å²) in [7, 11) is -2.16. The van der Waals surface area contributed by atoms with Gasteiger partial charge in [0.15, 0.2) is 0 Å². The van der Waals surface area contributed by atoms with E-state index in [9.17, 15) is 18.3 Å². The molecule has 2 aliphatic heterocycles. The molecule has 1 amide bonds. The van der Waals surface area contributed by atoms with Gasteiger partial charge in [-0.25, -0.2) is 4.79 Å². The fourth-order valence-electron chi connectivity index (χ4n) is 5.77. The van der Waals surface area contributed by atoms with Crippen LogP contribution in [-0.2, 0) is 30.4 Å². The Balaban J connectivity index is 1.19. The van der Waals surface area contributed by atoms with Crippen LogP contribution in [0.25, 0.3) is 0 Å². The number of carbonyl (C=O) groups is 1. The van der Waals surface area contributed by atoms with Crippen molar-refractivity contribution >= 4 is 21.9 Å². The van der Waals surface area contributed by atoms with Gasteiger partial charge in [0.05, 0.1) is 36.4 Å². The Morgan fingerprint density at radius 3 is 2.52 bits per heavy atom. The molecule has 0 spiro atoms. The van der Waals surface area contributed by atoms with Crippen molar-refractivity contribution in [1.82, 2.24) is 4.90 Å². The second-order valence-corrected chi connectivity index (χ2v) is 13.1. The normalized spacial score (nSPS) is 18.1. The second kappa shape index (κ2) is 15.6. The third-order valence-electron chi connectivity index (χ3n) is 8.26. The van der Waals surface area contributed by atoms with E-state index in [-0.39, 0.29) is 36.7 Å². The van der Waals surface area contributed by atoms with Gasteiger partial charge in [0.25, 0.3) is 10.1 Å². The molecule has 0 aromatic heterocycles. The van der Waals surface area contributed by atoms with Crippen LogP contribution in [0.2, 0.25) is 0 Å². The number of benzene rings is 3. The van der Waals surface area contributed by atoms with Gasteiger partial charge >= 0.3 is 6.09 Å². The lowest BCUT2D eigenvalue weighted by atomic mass is 9.87. The molecule has 0 saturated carbocycles. The SMILES string of the molecule is COCCCN1CCOc2ccc(COC3CN(C(=O)O)CCC3c3ccc(OCCOS(=O)(=O)c4ccc(C)cc4)cc3)cc21. The van der Waals surface area contributed by atoms with E-state index in [2.05, 4.69) is 11.0 Å². The molecule has 11 nitrogen and oxygen atoms in total. The third-order valence-corrected chi connectivity index (χ3v) is 9.59. The van der Waals surface area contributed by atoms with Gasteiger partial charge < -0.3 is 33.9 Å². The van der Waals surface area contributed by atoms with Gasteiger partial charge in [0.2, 0.25) is 0 Å². The highest BCUT2D eigenvalue weighted by Gasteiger charge is 2.33. The average molecular weight is 655 g/mol. The highest BCUT2D eigenvalue weighted by atomic mass is 32.2. The van der Waals surface area contributed by atoms with Crippen LogP contribution in [0.3, 0.4) is 0 Å². The van der Waals surface area contributed by atoms with Crippen molar-refractivity contribution in [1.29, 1.82) is 0 Å². The lowest BCUT2D eigenvalue weighted by molar-refractivity contribution is -0.0199. The summed E-state index contributed by atoms with van der Waals surface area (Å²) in [5, 5.41) is 9.69. The molecule has 1 fully saturated rings. The highest BCUT2D eigenvalue weighted by Crippen LogP contribution is 2.35. The molecule has 5 rings (SSSR count). The largest absolute Gasteiger partial charge is 0.491 e. The summed E-state index contributed by atoms with van der Waals surface area (Å²) in [5.41, 5.74) is 4.00. The van der Waals surface area contributed by atoms with E-state index >= 15 is 0 Å². The van der Waals surface area contributed by atoms with Crippen molar-refractivity contribution in [2.75, 3.05) is 64.6 Å². The van der Waals surface area contributed by atoms with Crippen LogP contribution in [-0.4, -0.2) is 90.3 Å². The number of methoxy groups -OCH3 is 1. The molecular weight excluding hydrogens is 612 g/mol. The van der Waals surface area contributed by atoms with Gasteiger partial charge in [0, 0.05) is 32.7 Å². The van der Waals surface area contributed by atoms with E-state index in [1.54, 1.807) is 19.2 Å². The molecule has 2 aliphatic rings. The maximum atomic E-state index is 12.4. The average Bonchev–Trinajstić information content (AvgIpc) is 3.06. The first-order valence-corrected chi connectivity index (χ1v) is 16.9. The Kier molecular flexibility index (Phi) is 11.4. The van der Waals surface area contributed by atoms with Crippen LogP contribution in [0.1, 0.15) is 35.4 Å². The van der Waals surface area contributed by atoms with Gasteiger partial charge in [-0.05, 0) is 67.3 Å². The zero-order valence-corrected chi connectivity index (χ0v) is 27.1. The number of likely N-dealkylation sites (tertiary alicyclic amines) is 1. The molecule has 12 heteroatoms. The minimum absolute atomic E-state index is 0.0147. The van der Waals surface area contributed by atoms with Gasteiger partial charge in [-0.15, -0.1) is 0 Å². The molecule has 1 N–H and O–H groups in total. The second-order valence-electron chi connectivity index (χ2n) is 11.5. The van der Waals surface area contributed by atoms with E-state index < -0.39 is 16.2 Å². The summed E-state index contributed by atoms with van der Waals surface area (Å²) in [4.78, 5) is 15.6. The molecule has 1 saturated heterocycles. The maximum Gasteiger partial charge on any atom is 0.407 e. The van der Waals surface area contributed by atoms with Crippen molar-refractivity contribution in [3.63, 3.8) is 0 Å². The summed E-state index contributed by atoms with van der Waals surface area (Å²) in [5.74, 6) is 1.41. The molecule has 3 aromatic rings. The minimum Gasteiger partial charge on any atom is -0.491 e. The van der Waals surface area contributed by atoms with Crippen LogP contribution in [0.4, 0.5) is 10.5 Å². The predicted octanol–water partition coefficient (Wildman–Crippen LogP) is 5.07. The summed E-state index contributed by atoms with van der Waals surface area (Å²) < 4.78 is 53.2. The monoisotopic (exact) mass is 654 g/mol. The van der Waals surface area contributed by atoms with E-state index in [0.717, 1.165) is 47.6 Å². The minimum atomic E-state index is -3.86. The lowest BCUT2D eigenvalue weighted by Crippen LogP contribution is -2.46. The van der Waals surface area contributed by atoms with E-state index in [1.165, 1.54) is 17.0 Å². The standard InChI is InChI=1S/C34H42N2O9S/c1-25-4-11-29(12-5-25)46(39,40)45-21-20-42-28-9-7-27(8-10-28)30-14-16-36(34(37)38)23-33(30)44-24-26-6-13-32-31(22-26)35(17-19-43-32)15-3-18-41-2/h4-13,22,30,33H,3,14-21,23-24H2,1-2H3,(H,37,38). The first kappa shape index (κ1) is 33.5. The van der Waals surface area contributed by atoms with Gasteiger partial charge in [-0.2, -0.15) is 8.42 Å². The zero-order valence-electron chi connectivity index (χ0n) is 26.3. The van der Waals surface area contributed by atoms with Crippen LogP contribution < -0.4 is 14.4 Å². The molecular formula is C34H42N2O9S. The molecule has 46 heavy (non-hydrogen) atoms. The predicted molar refractivity (Wildman–Crippen MR) is 172 cm³/mol. The number of carboxylic acid groups (broad SMARTS) is 1. The summed E-state index contributed by atoms with van der Waals surface area (Å²) in [6, 6.07) is 20.1. The quantitative estimate of drug-likeness (QED) is 0.186. The molecule has 3 aromatic carbocycles. The number of rotatable bonds is 14. The van der Waals surface area contributed by atoms with Crippen molar-refractivity contribution < 1.29 is 41.4 Å². The van der Waals surface area contributed by atoms with Crippen LogP contribution in [0, 0.1) is 6.92 Å². The number of hydrogen-bond donors (Lipinski definition) is 1. The Morgan fingerprint density at radius 1 is 1.00 bits per heavy atom. The maximum absolute atomic E-state index is 12.4. The number of ether oxygens (including phenoxy) is 4. The van der Waals surface area contributed by atoms with E-state index in [1.807, 2.05) is 43.3 Å². The van der Waals surface area contributed by atoms with Crippen molar-refractivity contribution in [2.45, 2.75) is 43.3 Å². The van der Waals surface area contributed by atoms with Gasteiger partial charge in [0.1, 0.15) is 31.3 Å². The van der Waals surface area contributed by atoms with E-state index in [0.29, 0.717) is 38.5 Å². The van der Waals surface area contributed by atoms with Crippen molar-refractivity contribution in [3.05, 3.63) is 83.4 Å². The number of anilines is 1. The van der Waals surface area contributed by atoms with Crippen molar-refractivity contribution in [2.24, 2.45) is 0 Å². The van der Waals surface area contributed by atoms with Gasteiger partial charge in [-0.3, -0.25) is 4.18 Å². The number of nitrogens with zero attached hydrogens (tertiary/aromatic N) is 2. The fraction of sp³-hybridized carbons (Fsp3) is 0.441. The first-order chi connectivity index (χ1) is 22.2. The Hall–Kier alpha value is -3.84. The zero-order chi connectivity index (χ0) is 32.5. The number of aryl methyl sites for hydroxylation is 1. The molecule has 248 valence electrons. The molecule has 0 aliphatic carbocycles. The summed E-state index contributed by atoms with van der Waals surface area (Å²) in [6.07, 6.45) is 0.230. The van der Waals surface area contributed by atoms with Crippen LogP contribution >= 0.6 is 0 Å². The Labute approximate surface area is 270 Å². The summed E-state index contributed by atoms with van der Waals surface area (Å²) >= 11 is 0. The fourth-order valence-corrected chi connectivity index (χ4v) is 6.66. The Bertz CT molecular complexity index is 1550. The van der Waals surface area contributed by atoms with Gasteiger partial charge in [-0.1, -0.05) is 35.9 Å². The van der Waals surface area contributed by atoms with Crippen LogP contribution in [0.15, 0.2) is 71.6 Å². The lowest BCUT2D eigenvalue weighted by Gasteiger charge is -2.37. The third kappa shape index (κ3) is 8.69. The highest BCUT2D eigenvalue weighted by molar-refractivity contribution is 7.86. The number of amides is 1. The Morgan fingerprint density at radius 2 is 1.78 bits per heavy atom. The van der Waals surface area contributed by atoms with Crippen LogP contribution in [0.5, 0.6) is 11.5 Å². The first-order valence-electron chi connectivity index (χ1n) is 15.5. The number of hydrogen-bond acceptors (Lipinski definition) is 9. The summed E-state index contributed by atoms with van der Waals surface area (Å²) in [6.45, 7) is 5.83.